The SMILES string of the molecule is CCCNC(=O)C(Cc1ccccc1)N(Cc1ccccc1F)C(=O)CN(c1cccc(F)c1)S(C)(=O)=O. The minimum Gasteiger partial charge on any atom is -0.354 e. The number of carbonyl (C=O) groups is 2. The van der Waals surface area contributed by atoms with E-state index in [2.05, 4.69) is 5.32 Å². The van der Waals surface area contributed by atoms with Crippen molar-refractivity contribution in [1.29, 1.82) is 0 Å². The molecule has 1 N–H and O–H groups in total. The Morgan fingerprint density at radius 3 is 2.26 bits per heavy atom. The van der Waals surface area contributed by atoms with Crippen LogP contribution in [0, 0.1) is 11.6 Å². The number of nitrogens with one attached hydrogen (secondary N) is 1. The first-order valence-electron chi connectivity index (χ1n) is 12.2. The van der Waals surface area contributed by atoms with Crippen molar-refractivity contribution in [3.63, 3.8) is 0 Å². The van der Waals surface area contributed by atoms with E-state index in [1.165, 1.54) is 35.2 Å². The van der Waals surface area contributed by atoms with Gasteiger partial charge in [-0.15, -0.1) is 0 Å². The van der Waals surface area contributed by atoms with Crippen LogP contribution < -0.4 is 9.62 Å². The van der Waals surface area contributed by atoms with Gasteiger partial charge in [0.2, 0.25) is 21.8 Å². The zero-order valence-corrected chi connectivity index (χ0v) is 22.1. The van der Waals surface area contributed by atoms with Crippen LogP contribution in [0.25, 0.3) is 0 Å². The van der Waals surface area contributed by atoms with Gasteiger partial charge in [-0.3, -0.25) is 13.9 Å². The van der Waals surface area contributed by atoms with E-state index in [4.69, 9.17) is 0 Å². The average molecular weight is 544 g/mol. The summed E-state index contributed by atoms with van der Waals surface area (Å²) in [5.41, 5.74) is 0.890. The van der Waals surface area contributed by atoms with Gasteiger partial charge in [-0.05, 0) is 36.2 Å². The summed E-state index contributed by atoms with van der Waals surface area (Å²) >= 11 is 0. The van der Waals surface area contributed by atoms with Gasteiger partial charge >= 0.3 is 0 Å². The summed E-state index contributed by atoms with van der Waals surface area (Å²) in [5.74, 6) is -2.43. The first-order valence-corrected chi connectivity index (χ1v) is 14.0. The fourth-order valence-corrected chi connectivity index (χ4v) is 4.82. The van der Waals surface area contributed by atoms with E-state index >= 15 is 0 Å². The summed E-state index contributed by atoms with van der Waals surface area (Å²) in [6.45, 7) is 1.27. The summed E-state index contributed by atoms with van der Waals surface area (Å²) in [6, 6.07) is 18.7. The fraction of sp³-hybridized carbons (Fsp3) is 0.286. The number of hydrogen-bond acceptors (Lipinski definition) is 4. The lowest BCUT2D eigenvalue weighted by atomic mass is 10.0. The van der Waals surface area contributed by atoms with Crippen molar-refractivity contribution in [2.75, 3.05) is 23.7 Å². The highest BCUT2D eigenvalue weighted by atomic mass is 32.2. The number of sulfonamides is 1. The molecule has 0 fully saturated rings. The van der Waals surface area contributed by atoms with Crippen molar-refractivity contribution in [2.24, 2.45) is 0 Å². The monoisotopic (exact) mass is 543 g/mol. The van der Waals surface area contributed by atoms with Crippen molar-refractivity contribution in [2.45, 2.75) is 32.4 Å². The standard InChI is InChI=1S/C28H31F2N3O4S/c1-3-16-31-28(35)26(17-21-10-5-4-6-11-21)32(19-22-12-7-8-15-25(22)30)27(34)20-33(38(2,36)37)24-14-9-13-23(29)18-24/h4-15,18,26H,3,16-17,19-20H2,1-2H3,(H,31,35). The molecule has 0 saturated carbocycles. The number of anilines is 1. The second-order valence-corrected chi connectivity index (χ2v) is 10.8. The third-order valence-corrected chi connectivity index (χ3v) is 7.03. The van der Waals surface area contributed by atoms with Gasteiger partial charge in [0.1, 0.15) is 24.2 Å². The number of nitrogens with zero attached hydrogens (tertiary/aromatic N) is 2. The predicted molar refractivity (Wildman–Crippen MR) is 143 cm³/mol. The zero-order valence-electron chi connectivity index (χ0n) is 21.3. The van der Waals surface area contributed by atoms with E-state index in [1.807, 2.05) is 13.0 Å². The van der Waals surface area contributed by atoms with E-state index in [-0.39, 0.29) is 24.2 Å². The first kappa shape index (κ1) is 28.8. The molecule has 0 aromatic heterocycles. The van der Waals surface area contributed by atoms with E-state index in [0.717, 1.165) is 28.3 Å². The molecular weight excluding hydrogens is 512 g/mol. The lowest BCUT2D eigenvalue weighted by Gasteiger charge is -2.33. The zero-order chi connectivity index (χ0) is 27.7. The molecule has 0 heterocycles. The van der Waals surface area contributed by atoms with Crippen LogP contribution in [0.3, 0.4) is 0 Å². The molecule has 202 valence electrons. The van der Waals surface area contributed by atoms with E-state index in [1.54, 1.807) is 30.3 Å². The first-order chi connectivity index (χ1) is 18.1. The average Bonchev–Trinajstić information content (AvgIpc) is 2.88. The van der Waals surface area contributed by atoms with E-state index in [9.17, 15) is 26.8 Å². The van der Waals surface area contributed by atoms with Gasteiger partial charge in [0, 0.05) is 25.1 Å². The molecule has 0 aliphatic carbocycles. The molecule has 0 aliphatic heterocycles. The molecule has 2 amide bonds. The lowest BCUT2D eigenvalue weighted by Crippen LogP contribution is -2.53. The predicted octanol–water partition coefficient (Wildman–Crippen LogP) is 3.90. The summed E-state index contributed by atoms with van der Waals surface area (Å²) in [4.78, 5) is 28.3. The van der Waals surface area contributed by atoms with E-state index < -0.39 is 46.1 Å². The summed E-state index contributed by atoms with van der Waals surface area (Å²) in [7, 11) is -4.02. The normalized spacial score (nSPS) is 12.0. The Morgan fingerprint density at radius 2 is 1.63 bits per heavy atom. The maximum absolute atomic E-state index is 14.7. The minimum absolute atomic E-state index is 0.0401. The summed E-state index contributed by atoms with van der Waals surface area (Å²) in [6.07, 6.45) is 1.68. The highest BCUT2D eigenvalue weighted by Gasteiger charge is 2.33. The molecule has 0 radical (unpaired) electrons. The summed E-state index contributed by atoms with van der Waals surface area (Å²) in [5, 5.41) is 2.80. The van der Waals surface area contributed by atoms with Crippen LogP contribution in [-0.2, 0) is 32.6 Å². The number of rotatable bonds is 12. The third kappa shape index (κ3) is 7.85. The van der Waals surface area contributed by atoms with Crippen molar-refractivity contribution < 1.29 is 26.8 Å². The molecule has 0 bridgehead atoms. The molecule has 10 heteroatoms. The van der Waals surface area contributed by atoms with Crippen molar-refractivity contribution >= 4 is 27.5 Å². The van der Waals surface area contributed by atoms with Gasteiger partial charge < -0.3 is 10.2 Å². The van der Waals surface area contributed by atoms with Crippen LogP contribution in [0.15, 0.2) is 78.9 Å². The molecule has 3 rings (SSSR count). The number of amides is 2. The van der Waals surface area contributed by atoms with Gasteiger partial charge in [-0.1, -0.05) is 61.5 Å². The Hall–Kier alpha value is -3.79. The van der Waals surface area contributed by atoms with Gasteiger partial charge in [0.15, 0.2) is 0 Å². The molecule has 3 aromatic carbocycles. The second-order valence-electron chi connectivity index (χ2n) is 8.86. The molecule has 3 aromatic rings. The Labute approximate surface area is 222 Å². The molecular formula is C28H31F2N3O4S. The Morgan fingerprint density at radius 1 is 0.947 bits per heavy atom. The maximum Gasteiger partial charge on any atom is 0.244 e. The maximum atomic E-state index is 14.7. The second kappa shape index (κ2) is 13.1. The van der Waals surface area contributed by atoms with E-state index in [0.29, 0.717) is 13.0 Å². The van der Waals surface area contributed by atoms with Crippen LogP contribution in [0.2, 0.25) is 0 Å². The van der Waals surface area contributed by atoms with Crippen LogP contribution >= 0.6 is 0 Å². The Kier molecular flexibility index (Phi) is 9.95. The quantitative estimate of drug-likeness (QED) is 0.376. The third-order valence-electron chi connectivity index (χ3n) is 5.89. The largest absolute Gasteiger partial charge is 0.354 e. The fourth-order valence-electron chi connectivity index (χ4n) is 3.98. The minimum atomic E-state index is -4.02. The van der Waals surface area contributed by atoms with Gasteiger partial charge in [-0.25, -0.2) is 17.2 Å². The molecule has 0 spiro atoms. The topological polar surface area (TPSA) is 86.8 Å². The van der Waals surface area contributed by atoms with Crippen LogP contribution in [0.1, 0.15) is 24.5 Å². The smallest absolute Gasteiger partial charge is 0.244 e. The molecule has 0 aliphatic rings. The van der Waals surface area contributed by atoms with Crippen LogP contribution in [0.4, 0.5) is 14.5 Å². The molecule has 1 unspecified atom stereocenters. The van der Waals surface area contributed by atoms with Gasteiger partial charge in [0.05, 0.1) is 11.9 Å². The molecule has 0 saturated heterocycles. The van der Waals surface area contributed by atoms with Gasteiger partial charge in [-0.2, -0.15) is 0 Å². The number of halogens is 2. The molecule has 38 heavy (non-hydrogen) atoms. The van der Waals surface area contributed by atoms with Crippen molar-refractivity contribution in [1.82, 2.24) is 10.2 Å². The molecule has 7 nitrogen and oxygen atoms in total. The van der Waals surface area contributed by atoms with Gasteiger partial charge in [0.25, 0.3) is 0 Å². The van der Waals surface area contributed by atoms with Crippen molar-refractivity contribution in [3.8, 4) is 0 Å². The number of carbonyl (C=O) groups excluding carboxylic acids is 2. The Balaban J connectivity index is 2.05. The molecule has 1 atom stereocenters. The van der Waals surface area contributed by atoms with Crippen molar-refractivity contribution in [3.05, 3.63) is 102 Å². The Bertz CT molecular complexity index is 1350. The highest BCUT2D eigenvalue weighted by Crippen LogP contribution is 2.21. The number of hydrogen-bond donors (Lipinski definition) is 1. The van der Waals surface area contributed by atoms with Crippen LogP contribution in [-0.4, -0.2) is 50.5 Å². The lowest BCUT2D eigenvalue weighted by molar-refractivity contribution is -0.140. The highest BCUT2D eigenvalue weighted by molar-refractivity contribution is 7.92. The number of benzene rings is 3. The van der Waals surface area contributed by atoms with Crippen LogP contribution in [0.5, 0.6) is 0 Å². The summed E-state index contributed by atoms with van der Waals surface area (Å²) < 4.78 is 54.7.